The van der Waals surface area contributed by atoms with E-state index >= 15 is 0 Å². The molecule has 1 aromatic rings. The zero-order chi connectivity index (χ0) is 13.5. The minimum absolute atomic E-state index is 0.0275. The van der Waals surface area contributed by atoms with Crippen molar-refractivity contribution in [1.29, 1.82) is 0 Å². The highest BCUT2D eigenvalue weighted by molar-refractivity contribution is 7.87. The van der Waals surface area contributed by atoms with Crippen LogP contribution >= 0.6 is 11.6 Å². The second-order valence-corrected chi connectivity index (χ2v) is 5.82. The van der Waals surface area contributed by atoms with Crippen LogP contribution in [0.4, 0.5) is 15.3 Å². The first-order valence-electron chi connectivity index (χ1n) is 4.94. The number of carbonyl (C=O) groups excluding carboxylic acids is 1. The maximum atomic E-state index is 12.9. The number of anilines is 2. The highest BCUT2D eigenvalue weighted by atomic mass is 35.5. The number of carbonyl (C=O) groups is 1. The van der Waals surface area contributed by atoms with Gasteiger partial charge in [0.05, 0.1) is 5.69 Å². The largest absolute Gasteiger partial charge is 0.397 e. The molecule has 0 radical (unpaired) electrons. The number of rotatable bonds is 2. The Balaban J connectivity index is 2.39. The molecule has 1 aliphatic rings. The van der Waals surface area contributed by atoms with Gasteiger partial charge in [-0.25, -0.2) is 4.98 Å². The van der Waals surface area contributed by atoms with E-state index in [2.05, 4.69) is 4.98 Å². The number of hydrogen-bond donors (Lipinski definition) is 1. The molecule has 0 aliphatic carbocycles. The lowest BCUT2D eigenvalue weighted by molar-refractivity contribution is -0.117. The van der Waals surface area contributed by atoms with E-state index in [1.54, 1.807) is 0 Å². The Bertz CT molecular complexity index is 587. The molecule has 9 heteroatoms. The first kappa shape index (κ1) is 13.0. The molecule has 98 valence electrons. The fraction of sp³-hybridized carbons (Fsp3) is 0.333. The number of halogens is 2. The monoisotopic (exact) mass is 293 g/mol. The highest BCUT2D eigenvalue weighted by Gasteiger charge is 2.40. The van der Waals surface area contributed by atoms with Crippen LogP contribution in [0, 0.1) is 0 Å². The van der Waals surface area contributed by atoms with Gasteiger partial charge in [-0.15, -0.1) is 3.89 Å². The Labute approximate surface area is 108 Å². The Hall–Kier alpha value is -1.41. The van der Waals surface area contributed by atoms with Gasteiger partial charge in [0.2, 0.25) is 5.91 Å². The van der Waals surface area contributed by atoms with Gasteiger partial charge in [-0.05, 0) is 6.07 Å². The van der Waals surface area contributed by atoms with E-state index in [4.69, 9.17) is 17.3 Å². The molecule has 2 rings (SSSR count). The molecule has 1 amide bonds. The summed E-state index contributed by atoms with van der Waals surface area (Å²) in [7, 11) is -4.77. The third-order valence-corrected chi connectivity index (χ3v) is 4.06. The summed E-state index contributed by atoms with van der Waals surface area (Å²) in [5.74, 6) is -0.553. The van der Waals surface area contributed by atoms with Crippen LogP contribution in [-0.2, 0) is 15.0 Å². The van der Waals surface area contributed by atoms with Crippen LogP contribution in [0.3, 0.4) is 0 Å². The van der Waals surface area contributed by atoms with Crippen molar-refractivity contribution in [3.63, 3.8) is 0 Å². The first-order valence-corrected chi connectivity index (χ1v) is 6.77. The summed E-state index contributed by atoms with van der Waals surface area (Å²) in [6, 6.07) is 1.42. The van der Waals surface area contributed by atoms with Gasteiger partial charge in [-0.1, -0.05) is 11.6 Å². The third kappa shape index (κ3) is 2.25. The van der Waals surface area contributed by atoms with Crippen molar-refractivity contribution >= 4 is 39.1 Å². The fourth-order valence-corrected chi connectivity index (χ4v) is 2.73. The predicted molar refractivity (Wildman–Crippen MR) is 64.4 cm³/mol. The van der Waals surface area contributed by atoms with Crippen molar-refractivity contribution in [2.75, 3.05) is 17.2 Å². The zero-order valence-corrected chi connectivity index (χ0v) is 10.6. The second-order valence-electron chi connectivity index (χ2n) is 3.85. The number of nitrogens with two attached hydrogens (primary N) is 1. The molecular formula is C9H9ClFN3O3S. The lowest BCUT2D eigenvalue weighted by Crippen LogP contribution is -2.28. The summed E-state index contributed by atoms with van der Waals surface area (Å²) >= 11 is 5.81. The van der Waals surface area contributed by atoms with Crippen molar-refractivity contribution in [2.24, 2.45) is 0 Å². The van der Waals surface area contributed by atoms with Gasteiger partial charge >= 0.3 is 10.2 Å². The molecule has 1 aliphatic heterocycles. The smallest absolute Gasteiger partial charge is 0.307 e. The van der Waals surface area contributed by atoms with E-state index < -0.39 is 27.8 Å². The van der Waals surface area contributed by atoms with Crippen LogP contribution in [0.25, 0.3) is 0 Å². The van der Waals surface area contributed by atoms with Crippen LogP contribution in [-0.4, -0.2) is 31.1 Å². The topological polar surface area (TPSA) is 93.4 Å². The Kier molecular flexibility index (Phi) is 3.16. The van der Waals surface area contributed by atoms with E-state index in [0.717, 1.165) is 4.90 Å². The van der Waals surface area contributed by atoms with Crippen molar-refractivity contribution < 1.29 is 17.1 Å². The van der Waals surface area contributed by atoms with Gasteiger partial charge in [-0.2, -0.15) is 8.42 Å². The average Bonchev–Trinajstić information content (AvgIpc) is 2.60. The summed E-state index contributed by atoms with van der Waals surface area (Å²) in [5, 5.41) is -1.42. The number of nitrogens with zero attached hydrogens (tertiary/aromatic N) is 2. The highest BCUT2D eigenvalue weighted by Crippen LogP contribution is 2.34. The summed E-state index contributed by atoms with van der Waals surface area (Å²) in [5.41, 5.74) is 5.96. The maximum Gasteiger partial charge on any atom is 0.307 e. The Morgan fingerprint density at radius 2 is 2.22 bits per heavy atom. The number of hydrogen-bond acceptors (Lipinski definition) is 5. The quantitative estimate of drug-likeness (QED) is 0.640. The van der Waals surface area contributed by atoms with Crippen molar-refractivity contribution in [3.8, 4) is 0 Å². The molecule has 2 N–H and O–H groups in total. The van der Waals surface area contributed by atoms with Crippen LogP contribution in [0.1, 0.15) is 6.42 Å². The standard InChI is InChI=1S/C9H9ClFN3O3S/c10-9-8(6(12)1-2-13-9)14-4-5(3-7(14)15)18(11,16)17/h1-2,5H,3-4H2,(H2,12,13). The number of pyridine rings is 1. The van der Waals surface area contributed by atoms with E-state index in [1.807, 2.05) is 0 Å². The lowest BCUT2D eigenvalue weighted by atomic mass is 10.3. The van der Waals surface area contributed by atoms with Gasteiger partial charge in [0.1, 0.15) is 10.9 Å². The SMILES string of the molecule is Nc1ccnc(Cl)c1N1CC(S(=O)(=O)F)CC1=O. The normalized spacial score (nSPS) is 20.4. The molecular weight excluding hydrogens is 285 g/mol. The lowest BCUT2D eigenvalue weighted by Gasteiger charge is -2.18. The van der Waals surface area contributed by atoms with E-state index in [0.29, 0.717) is 0 Å². The molecule has 1 saturated heterocycles. The Morgan fingerprint density at radius 1 is 1.56 bits per heavy atom. The molecule has 18 heavy (non-hydrogen) atoms. The molecule has 0 saturated carbocycles. The number of nitrogen functional groups attached to an aromatic ring is 1. The first-order chi connectivity index (χ1) is 8.30. The van der Waals surface area contributed by atoms with Gasteiger partial charge in [0.15, 0.2) is 5.15 Å². The fourth-order valence-electron chi connectivity index (χ4n) is 1.79. The molecule has 1 fully saturated rings. The van der Waals surface area contributed by atoms with Crippen LogP contribution < -0.4 is 10.6 Å². The maximum absolute atomic E-state index is 12.9. The number of amides is 1. The van der Waals surface area contributed by atoms with Gasteiger partial charge in [0, 0.05) is 19.2 Å². The molecule has 0 spiro atoms. The third-order valence-electron chi connectivity index (χ3n) is 2.67. The van der Waals surface area contributed by atoms with Crippen LogP contribution in [0.2, 0.25) is 5.15 Å². The predicted octanol–water partition coefficient (Wildman–Crippen LogP) is 0.722. The molecule has 1 aromatic heterocycles. The molecule has 0 aromatic carbocycles. The van der Waals surface area contributed by atoms with E-state index in [9.17, 15) is 17.1 Å². The summed E-state index contributed by atoms with van der Waals surface area (Å²) in [6.45, 7) is -0.312. The number of aromatic nitrogens is 1. The molecule has 2 heterocycles. The van der Waals surface area contributed by atoms with Crippen molar-refractivity contribution in [2.45, 2.75) is 11.7 Å². The van der Waals surface area contributed by atoms with Gasteiger partial charge in [0.25, 0.3) is 0 Å². The average molecular weight is 294 g/mol. The molecule has 1 atom stereocenters. The minimum atomic E-state index is -4.77. The summed E-state index contributed by atoms with van der Waals surface area (Å²) in [4.78, 5) is 16.5. The zero-order valence-electron chi connectivity index (χ0n) is 9.01. The summed E-state index contributed by atoms with van der Waals surface area (Å²) < 4.78 is 34.5. The van der Waals surface area contributed by atoms with Crippen molar-refractivity contribution in [1.82, 2.24) is 4.98 Å². The molecule has 0 bridgehead atoms. The Morgan fingerprint density at radius 3 is 2.72 bits per heavy atom. The molecule has 1 unspecified atom stereocenters. The molecule has 6 nitrogen and oxygen atoms in total. The minimum Gasteiger partial charge on any atom is -0.397 e. The summed E-state index contributed by atoms with van der Waals surface area (Å²) in [6.07, 6.45) is 0.925. The van der Waals surface area contributed by atoms with Gasteiger partial charge < -0.3 is 10.6 Å². The van der Waals surface area contributed by atoms with E-state index in [-0.39, 0.29) is 23.1 Å². The van der Waals surface area contributed by atoms with Crippen molar-refractivity contribution in [3.05, 3.63) is 17.4 Å². The van der Waals surface area contributed by atoms with Crippen LogP contribution in [0.5, 0.6) is 0 Å². The van der Waals surface area contributed by atoms with E-state index in [1.165, 1.54) is 12.3 Å². The van der Waals surface area contributed by atoms with Crippen LogP contribution in [0.15, 0.2) is 12.3 Å². The second kappa shape index (κ2) is 4.36. The van der Waals surface area contributed by atoms with Gasteiger partial charge in [-0.3, -0.25) is 4.79 Å².